The van der Waals surface area contributed by atoms with E-state index in [1.54, 1.807) is 7.11 Å². The zero-order chi connectivity index (χ0) is 17.1. The van der Waals surface area contributed by atoms with Crippen molar-refractivity contribution >= 4 is 17.3 Å². The number of nitrogens with one attached hydrogen (secondary N) is 2. The quantitative estimate of drug-likeness (QED) is 0.876. The van der Waals surface area contributed by atoms with E-state index in [9.17, 15) is 4.79 Å². The lowest BCUT2D eigenvalue weighted by Gasteiger charge is -2.17. The van der Waals surface area contributed by atoms with Crippen molar-refractivity contribution in [3.63, 3.8) is 0 Å². The van der Waals surface area contributed by atoms with Gasteiger partial charge in [-0.15, -0.1) is 0 Å². The van der Waals surface area contributed by atoms with Gasteiger partial charge in [0.05, 0.1) is 12.8 Å². The van der Waals surface area contributed by atoms with Gasteiger partial charge >= 0.3 is 0 Å². The molecule has 1 amide bonds. The Labute approximate surface area is 143 Å². The maximum atomic E-state index is 12.5. The molecule has 2 N–H and O–H groups in total. The van der Waals surface area contributed by atoms with Crippen LogP contribution in [-0.2, 0) is 17.6 Å². The normalized spacial score (nSPS) is 14.0. The summed E-state index contributed by atoms with van der Waals surface area (Å²) in [6.07, 6.45) is 3.52. The van der Waals surface area contributed by atoms with Crippen molar-refractivity contribution < 1.29 is 9.53 Å². The lowest BCUT2D eigenvalue weighted by atomic mass is 10.1. The van der Waals surface area contributed by atoms with Crippen LogP contribution in [0.15, 0.2) is 36.4 Å². The highest BCUT2D eigenvalue weighted by Crippen LogP contribution is 2.27. The maximum Gasteiger partial charge on any atom is 0.246 e. The fourth-order valence-electron chi connectivity index (χ4n) is 3.14. The summed E-state index contributed by atoms with van der Waals surface area (Å²) in [6, 6.07) is 11.8. The maximum absolute atomic E-state index is 12.5. The molecule has 0 heterocycles. The molecule has 0 saturated heterocycles. The van der Waals surface area contributed by atoms with Crippen LogP contribution >= 0.6 is 0 Å². The summed E-state index contributed by atoms with van der Waals surface area (Å²) in [5.41, 5.74) is 5.60. The molecule has 1 aliphatic rings. The Bertz CT molecular complexity index is 755. The minimum atomic E-state index is -0.338. The molecule has 2 aromatic carbocycles. The first-order chi connectivity index (χ1) is 11.6. The summed E-state index contributed by atoms with van der Waals surface area (Å²) in [5.74, 6) is 0.582. The average molecular weight is 324 g/mol. The number of rotatable bonds is 5. The molecule has 1 unspecified atom stereocenters. The highest BCUT2D eigenvalue weighted by atomic mass is 16.5. The van der Waals surface area contributed by atoms with Crippen LogP contribution in [-0.4, -0.2) is 19.1 Å². The number of aryl methyl sites for hydroxylation is 3. The van der Waals surface area contributed by atoms with Crippen molar-refractivity contribution in [1.29, 1.82) is 0 Å². The van der Waals surface area contributed by atoms with Gasteiger partial charge < -0.3 is 15.4 Å². The van der Waals surface area contributed by atoms with E-state index < -0.39 is 0 Å². The van der Waals surface area contributed by atoms with Gasteiger partial charge in [0.1, 0.15) is 11.8 Å². The molecule has 24 heavy (non-hydrogen) atoms. The monoisotopic (exact) mass is 324 g/mol. The van der Waals surface area contributed by atoms with E-state index in [0.29, 0.717) is 11.4 Å². The summed E-state index contributed by atoms with van der Waals surface area (Å²) in [5, 5.41) is 6.24. The van der Waals surface area contributed by atoms with Crippen LogP contribution in [0.4, 0.5) is 11.4 Å². The fraction of sp³-hybridized carbons (Fsp3) is 0.350. The first-order valence-corrected chi connectivity index (χ1v) is 8.40. The summed E-state index contributed by atoms with van der Waals surface area (Å²) < 4.78 is 5.31. The molecule has 0 fully saturated rings. The van der Waals surface area contributed by atoms with Crippen LogP contribution in [0.1, 0.15) is 30.0 Å². The molecule has 4 nitrogen and oxygen atoms in total. The van der Waals surface area contributed by atoms with Gasteiger partial charge in [-0.2, -0.15) is 0 Å². The van der Waals surface area contributed by atoms with Gasteiger partial charge in [-0.05, 0) is 74.1 Å². The highest BCUT2D eigenvalue weighted by molar-refractivity contribution is 5.97. The molecule has 0 saturated carbocycles. The number of amides is 1. The standard InChI is InChI=1S/C20H24N2O2/c1-13-7-10-19(24-3)18(11-13)22-20(23)14(2)21-17-9-8-15-5-4-6-16(15)12-17/h7-12,14,21H,4-6H2,1-3H3,(H,22,23). The third-order valence-electron chi connectivity index (χ3n) is 4.49. The van der Waals surface area contributed by atoms with Crippen molar-refractivity contribution in [3.05, 3.63) is 53.1 Å². The summed E-state index contributed by atoms with van der Waals surface area (Å²) in [7, 11) is 1.60. The van der Waals surface area contributed by atoms with Crippen LogP contribution < -0.4 is 15.4 Å². The molecule has 0 aromatic heterocycles. The Hall–Kier alpha value is -2.49. The Morgan fingerprint density at radius 3 is 2.71 bits per heavy atom. The smallest absolute Gasteiger partial charge is 0.246 e. The number of carbonyl (C=O) groups is 1. The second-order valence-electron chi connectivity index (χ2n) is 6.40. The van der Waals surface area contributed by atoms with Crippen molar-refractivity contribution in [3.8, 4) is 5.75 Å². The molecule has 0 spiro atoms. The number of hydrogen-bond acceptors (Lipinski definition) is 3. The largest absolute Gasteiger partial charge is 0.495 e. The van der Waals surface area contributed by atoms with Crippen LogP contribution in [0.3, 0.4) is 0 Å². The lowest BCUT2D eigenvalue weighted by molar-refractivity contribution is -0.116. The predicted molar refractivity (Wildman–Crippen MR) is 97.9 cm³/mol. The number of fused-ring (bicyclic) bond motifs is 1. The van der Waals surface area contributed by atoms with Gasteiger partial charge in [0, 0.05) is 5.69 Å². The van der Waals surface area contributed by atoms with E-state index in [1.807, 2.05) is 32.0 Å². The van der Waals surface area contributed by atoms with Crippen molar-refractivity contribution in [2.24, 2.45) is 0 Å². The first kappa shape index (κ1) is 16.4. The van der Waals surface area contributed by atoms with Gasteiger partial charge in [0.15, 0.2) is 0 Å². The Balaban J connectivity index is 1.68. The van der Waals surface area contributed by atoms with Crippen LogP contribution in [0, 0.1) is 6.92 Å². The molecule has 1 atom stereocenters. The Morgan fingerprint density at radius 2 is 1.92 bits per heavy atom. The van der Waals surface area contributed by atoms with E-state index >= 15 is 0 Å². The summed E-state index contributed by atoms with van der Waals surface area (Å²) in [4.78, 5) is 12.5. The number of benzene rings is 2. The highest BCUT2D eigenvalue weighted by Gasteiger charge is 2.16. The molecule has 126 valence electrons. The van der Waals surface area contributed by atoms with Crippen molar-refractivity contribution in [2.45, 2.75) is 39.2 Å². The number of hydrogen-bond donors (Lipinski definition) is 2. The molecule has 0 radical (unpaired) electrons. The third kappa shape index (κ3) is 3.53. The molecule has 3 rings (SSSR count). The summed E-state index contributed by atoms with van der Waals surface area (Å²) in [6.45, 7) is 3.85. The first-order valence-electron chi connectivity index (χ1n) is 8.40. The molecule has 0 aliphatic heterocycles. The number of methoxy groups -OCH3 is 1. The molecular weight excluding hydrogens is 300 g/mol. The van der Waals surface area contributed by atoms with Gasteiger partial charge in [-0.1, -0.05) is 12.1 Å². The molecule has 1 aliphatic carbocycles. The summed E-state index contributed by atoms with van der Waals surface area (Å²) >= 11 is 0. The second-order valence-corrected chi connectivity index (χ2v) is 6.40. The molecular formula is C20H24N2O2. The lowest BCUT2D eigenvalue weighted by Crippen LogP contribution is -2.32. The van der Waals surface area contributed by atoms with Gasteiger partial charge in [0.25, 0.3) is 0 Å². The second kappa shape index (κ2) is 6.95. The van der Waals surface area contributed by atoms with E-state index in [0.717, 1.165) is 17.7 Å². The molecule has 2 aromatic rings. The minimum absolute atomic E-state index is 0.0839. The van der Waals surface area contributed by atoms with E-state index in [1.165, 1.54) is 24.0 Å². The van der Waals surface area contributed by atoms with Gasteiger partial charge in [-0.3, -0.25) is 4.79 Å². The van der Waals surface area contributed by atoms with Crippen molar-refractivity contribution in [1.82, 2.24) is 0 Å². The molecule has 0 bridgehead atoms. The fourth-order valence-corrected chi connectivity index (χ4v) is 3.14. The van der Waals surface area contributed by atoms with E-state index in [-0.39, 0.29) is 11.9 Å². The Kier molecular flexibility index (Phi) is 4.74. The minimum Gasteiger partial charge on any atom is -0.495 e. The van der Waals surface area contributed by atoms with Crippen LogP contribution in [0.5, 0.6) is 5.75 Å². The van der Waals surface area contributed by atoms with E-state index in [2.05, 4.69) is 28.8 Å². The number of carbonyl (C=O) groups excluding carboxylic acids is 1. The topological polar surface area (TPSA) is 50.4 Å². The van der Waals surface area contributed by atoms with Gasteiger partial charge in [0.2, 0.25) is 5.91 Å². The average Bonchev–Trinajstić information content (AvgIpc) is 3.02. The zero-order valence-electron chi connectivity index (χ0n) is 14.5. The SMILES string of the molecule is COc1ccc(C)cc1NC(=O)C(C)Nc1ccc2c(c1)CCC2. The van der Waals surface area contributed by atoms with Gasteiger partial charge in [-0.25, -0.2) is 0 Å². The molecule has 4 heteroatoms. The van der Waals surface area contributed by atoms with Crippen LogP contribution in [0.25, 0.3) is 0 Å². The number of ether oxygens (including phenoxy) is 1. The zero-order valence-corrected chi connectivity index (χ0v) is 14.5. The van der Waals surface area contributed by atoms with E-state index in [4.69, 9.17) is 4.74 Å². The Morgan fingerprint density at radius 1 is 1.12 bits per heavy atom. The predicted octanol–water partition coefficient (Wildman–Crippen LogP) is 3.93. The van der Waals surface area contributed by atoms with Crippen molar-refractivity contribution in [2.75, 3.05) is 17.7 Å². The third-order valence-corrected chi connectivity index (χ3v) is 4.49. The number of anilines is 2. The van der Waals surface area contributed by atoms with Crippen LogP contribution in [0.2, 0.25) is 0 Å².